The number of nitrogen functional groups attached to an aromatic ring is 1. The SMILES string of the molecule is COc1[c]c(C(=O)NN)c(-c2ccccc2)cc1F. The molecule has 1 amide bonds. The van der Waals surface area contributed by atoms with E-state index in [9.17, 15) is 9.18 Å². The zero-order chi connectivity index (χ0) is 13.8. The van der Waals surface area contributed by atoms with E-state index in [1.54, 1.807) is 24.3 Å². The molecule has 1 radical (unpaired) electrons. The van der Waals surface area contributed by atoms with E-state index in [1.807, 2.05) is 11.5 Å². The maximum atomic E-state index is 13.8. The fourth-order valence-electron chi connectivity index (χ4n) is 1.75. The van der Waals surface area contributed by atoms with Crippen molar-refractivity contribution in [2.45, 2.75) is 0 Å². The smallest absolute Gasteiger partial charge is 0.266 e. The van der Waals surface area contributed by atoms with Crippen LogP contribution < -0.4 is 16.0 Å². The average molecular weight is 259 g/mol. The summed E-state index contributed by atoms with van der Waals surface area (Å²) in [7, 11) is 1.31. The second-order valence-electron chi connectivity index (χ2n) is 3.78. The number of carbonyl (C=O) groups is 1. The molecule has 0 saturated carbocycles. The molecule has 0 bridgehead atoms. The second kappa shape index (κ2) is 5.49. The Balaban J connectivity index is 2.65. The summed E-state index contributed by atoms with van der Waals surface area (Å²) in [6.07, 6.45) is 0. The second-order valence-corrected chi connectivity index (χ2v) is 3.78. The molecule has 0 aromatic heterocycles. The highest BCUT2D eigenvalue weighted by molar-refractivity contribution is 6.00. The number of rotatable bonds is 3. The number of carbonyl (C=O) groups excluding carboxylic acids is 1. The normalized spacial score (nSPS) is 10.1. The summed E-state index contributed by atoms with van der Waals surface area (Å²) >= 11 is 0. The quantitative estimate of drug-likeness (QED) is 0.502. The summed E-state index contributed by atoms with van der Waals surface area (Å²) in [5, 5.41) is 0. The molecule has 0 atom stereocenters. The van der Waals surface area contributed by atoms with Crippen molar-refractivity contribution in [1.29, 1.82) is 0 Å². The predicted octanol–water partition coefficient (Wildman–Crippen LogP) is 1.90. The number of methoxy groups -OCH3 is 1. The first-order valence-corrected chi connectivity index (χ1v) is 5.53. The molecule has 97 valence electrons. The van der Waals surface area contributed by atoms with Gasteiger partial charge in [0.2, 0.25) is 0 Å². The van der Waals surface area contributed by atoms with E-state index < -0.39 is 11.7 Å². The number of hydrogen-bond donors (Lipinski definition) is 2. The lowest BCUT2D eigenvalue weighted by molar-refractivity contribution is 0.0953. The van der Waals surface area contributed by atoms with Crippen LogP contribution >= 0.6 is 0 Å². The summed E-state index contributed by atoms with van der Waals surface area (Å²) in [5.41, 5.74) is 3.24. The Morgan fingerprint density at radius 1 is 1.37 bits per heavy atom. The summed E-state index contributed by atoms with van der Waals surface area (Å²) in [6.45, 7) is 0. The summed E-state index contributed by atoms with van der Waals surface area (Å²) < 4.78 is 18.6. The van der Waals surface area contributed by atoms with Gasteiger partial charge in [-0.2, -0.15) is 0 Å². The third kappa shape index (κ3) is 2.56. The van der Waals surface area contributed by atoms with Crippen LogP contribution in [0.1, 0.15) is 10.4 Å². The standard InChI is InChI=1S/C14H12FN2O2/c1-19-13-8-11(14(18)17-16)10(7-12(13)15)9-5-3-2-4-6-9/h2-7H,16H2,1H3,(H,17,18). The topological polar surface area (TPSA) is 64.3 Å². The van der Waals surface area contributed by atoms with Crippen LogP contribution in [0.3, 0.4) is 0 Å². The van der Waals surface area contributed by atoms with Crippen LogP contribution in [0.4, 0.5) is 4.39 Å². The van der Waals surface area contributed by atoms with Gasteiger partial charge in [0.05, 0.1) is 12.7 Å². The molecule has 0 fully saturated rings. The molecule has 0 saturated heterocycles. The van der Waals surface area contributed by atoms with E-state index >= 15 is 0 Å². The summed E-state index contributed by atoms with van der Waals surface area (Å²) in [5.74, 6) is 3.85. The van der Waals surface area contributed by atoms with Crippen molar-refractivity contribution in [3.8, 4) is 16.9 Å². The largest absolute Gasteiger partial charge is 0.493 e. The van der Waals surface area contributed by atoms with Crippen LogP contribution in [-0.2, 0) is 0 Å². The number of hydrazine groups is 1. The number of hydrogen-bond acceptors (Lipinski definition) is 3. The van der Waals surface area contributed by atoms with Crippen LogP contribution in [0.25, 0.3) is 11.1 Å². The molecule has 2 aromatic carbocycles. The van der Waals surface area contributed by atoms with Crippen molar-refractivity contribution in [3.05, 3.63) is 53.8 Å². The highest BCUT2D eigenvalue weighted by atomic mass is 19.1. The van der Waals surface area contributed by atoms with E-state index in [0.29, 0.717) is 11.1 Å². The van der Waals surface area contributed by atoms with Crippen molar-refractivity contribution in [3.63, 3.8) is 0 Å². The van der Waals surface area contributed by atoms with Crippen LogP contribution in [0.5, 0.6) is 5.75 Å². The molecule has 5 heteroatoms. The van der Waals surface area contributed by atoms with Crippen molar-refractivity contribution < 1.29 is 13.9 Å². The third-order valence-electron chi connectivity index (χ3n) is 2.64. The van der Waals surface area contributed by atoms with Crippen LogP contribution in [0.15, 0.2) is 36.4 Å². The summed E-state index contributed by atoms with van der Waals surface area (Å²) in [4.78, 5) is 11.7. The monoisotopic (exact) mass is 259 g/mol. The predicted molar refractivity (Wildman–Crippen MR) is 68.9 cm³/mol. The Bertz CT molecular complexity index is 600. The highest BCUT2D eigenvalue weighted by Crippen LogP contribution is 2.29. The van der Waals surface area contributed by atoms with Crippen LogP contribution in [0.2, 0.25) is 0 Å². The van der Waals surface area contributed by atoms with Crippen LogP contribution in [0, 0.1) is 11.9 Å². The first-order valence-electron chi connectivity index (χ1n) is 5.53. The minimum absolute atomic E-state index is 0.127. The third-order valence-corrected chi connectivity index (χ3v) is 2.64. The maximum absolute atomic E-state index is 13.8. The van der Waals surface area contributed by atoms with Crippen molar-refractivity contribution >= 4 is 5.91 Å². The fraction of sp³-hybridized carbons (Fsp3) is 0.0714. The van der Waals surface area contributed by atoms with Crippen molar-refractivity contribution in [2.75, 3.05) is 7.11 Å². The zero-order valence-corrected chi connectivity index (χ0v) is 10.2. The molecular formula is C14H12FN2O2. The molecule has 4 nitrogen and oxygen atoms in total. The number of nitrogens with one attached hydrogen (secondary N) is 1. The Morgan fingerprint density at radius 3 is 2.63 bits per heavy atom. The van der Waals surface area contributed by atoms with E-state index in [4.69, 9.17) is 10.6 Å². The number of halogens is 1. The molecule has 2 aromatic rings. The molecule has 0 heterocycles. The van der Waals surface area contributed by atoms with Gasteiger partial charge in [-0.05, 0) is 17.2 Å². The molecule has 0 aliphatic heterocycles. The van der Waals surface area contributed by atoms with E-state index in [1.165, 1.54) is 13.2 Å². The molecule has 0 aliphatic rings. The Hall–Kier alpha value is -2.40. The van der Waals surface area contributed by atoms with Gasteiger partial charge in [-0.15, -0.1) is 0 Å². The van der Waals surface area contributed by atoms with Crippen LogP contribution in [-0.4, -0.2) is 13.0 Å². The van der Waals surface area contributed by atoms with Gasteiger partial charge in [-0.25, -0.2) is 10.2 Å². The van der Waals surface area contributed by atoms with E-state index in [0.717, 1.165) is 0 Å². The van der Waals surface area contributed by atoms with Crippen molar-refractivity contribution in [1.82, 2.24) is 5.43 Å². The number of amides is 1. The Labute approximate surface area is 110 Å². The highest BCUT2D eigenvalue weighted by Gasteiger charge is 2.17. The Kier molecular flexibility index (Phi) is 3.77. The van der Waals surface area contributed by atoms with Gasteiger partial charge >= 0.3 is 0 Å². The number of benzene rings is 2. The van der Waals surface area contributed by atoms with Gasteiger partial charge in [-0.1, -0.05) is 30.3 Å². The fourth-order valence-corrected chi connectivity index (χ4v) is 1.75. The average Bonchev–Trinajstić information content (AvgIpc) is 2.47. The summed E-state index contributed by atoms with van der Waals surface area (Å²) in [6, 6.07) is 12.8. The van der Waals surface area contributed by atoms with Crippen molar-refractivity contribution in [2.24, 2.45) is 5.84 Å². The molecule has 2 rings (SSSR count). The van der Waals surface area contributed by atoms with Gasteiger partial charge in [-0.3, -0.25) is 10.2 Å². The lowest BCUT2D eigenvalue weighted by Gasteiger charge is -2.11. The lowest BCUT2D eigenvalue weighted by Crippen LogP contribution is -2.30. The maximum Gasteiger partial charge on any atom is 0.266 e. The van der Waals surface area contributed by atoms with Gasteiger partial charge in [0.25, 0.3) is 5.91 Å². The minimum atomic E-state index is -0.588. The molecular weight excluding hydrogens is 247 g/mol. The number of nitrogens with two attached hydrogens (primary N) is 1. The Morgan fingerprint density at radius 2 is 2.05 bits per heavy atom. The molecule has 0 spiro atoms. The minimum Gasteiger partial charge on any atom is -0.493 e. The molecule has 19 heavy (non-hydrogen) atoms. The van der Waals surface area contributed by atoms with Gasteiger partial charge < -0.3 is 4.74 Å². The van der Waals surface area contributed by atoms with Gasteiger partial charge in [0.1, 0.15) is 0 Å². The van der Waals surface area contributed by atoms with Gasteiger partial charge in [0.15, 0.2) is 11.6 Å². The first kappa shape index (κ1) is 13.0. The number of ether oxygens (including phenoxy) is 1. The molecule has 0 aliphatic carbocycles. The molecule has 3 N–H and O–H groups in total. The zero-order valence-electron chi connectivity index (χ0n) is 10.2. The molecule has 0 unspecified atom stereocenters. The first-order chi connectivity index (χ1) is 9.17. The van der Waals surface area contributed by atoms with E-state index in [2.05, 4.69) is 6.07 Å². The van der Waals surface area contributed by atoms with E-state index in [-0.39, 0.29) is 11.3 Å². The van der Waals surface area contributed by atoms with Gasteiger partial charge in [0, 0.05) is 6.07 Å². The lowest BCUT2D eigenvalue weighted by atomic mass is 9.98.